The van der Waals surface area contributed by atoms with E-state index in [2.05, 4.69) is 57.0 Å². The summed E-state index contributed by atoms with van der Waals surface area (Å²) in [5.74, 6) is 2.72. The quantitative estimate of drug-likeness (QED) is 0.907. The molecule has 1 aromatic heterocycles. The molecule has 0 bridgehead atoms. The van der Waals surface area contributed by atoms with Crippen molar-refractivity contribution in [2.45, 2.75) is 59.2 Å². The van der Waals surface area contributed by atoms with Crippen molar-refractivity contribution in [1.82, 2.24) is 10.2 Å². The second-order valence-electron chi connectivity index (χ2n) is 6.87. The summed E-state index contributed by atoms with van der Waals surface area (Å²) in [6.07, 6.45) is 0. The van der Waals surface area contributed by atoms with Gasteiger partial charge in [0.15, 0.2) is 0 Å². The molecule has 2 rings (SSSR count). The van der Waals surface area contributed by atoms with Gasteiger partial charge in [-0.2, -0.15) is 0 Å². The molecular formula is C16H28N2O. The van der Waals surface area contributed by atoms with Crippen LogP contribution in [0.25, 0.3) is 0 Å². The van der Waals surface area contributed by atoms with E-state index < -0.39 is 0 Å². The Morgan fingerprint density at radius 1 is 1.32 bits per heavy atom. The van der Waals surface area contributed by atoms with E-state index in [1.54, 1.807) is 0 Å². The van der Waals surface area contributed by atoms with Crippen LogP contribution < -0.4 is 5.32 Å². The minimum absolute atomic E-state index is 0.168. The third kappa shape index (κ3) is 3.21. The van der Waals surface area contributed by atoms with Crippen LogP contribution in [0.2, 0.25) is 0 Å². The highest BCUT2D eigenvalue weighted by Crippen LogP contribution is 2.30. The van der Waals surface area contributed by atoms with Crippen molar-refractivity contribution >= 4 is 0 Å². The average Bonchev–Trinajstić information content (AvgIpc) is 2.73. The van der Waals surface area contributed by atoms with E-state index in [9.17, 15) is 0 Å². The number of nitrogens with one attached hydrogen (secondary N) is 1. The molecule has 2 atom stereocenters. The normalized spacial score (nSPS) is 25.7. The van der Waals surface area contributed by atoms with Crippen LogP contribution in [0.15, 0.2) is 16.5 Å². The van der Waals surface area contributed by atoms with Crippen molar-refractivity contribution in [3.8, 4) is 0 Å². The van der Waals surface area contributed by atoms with Gasteiger partial charge in [-0.1, -0.05) is 13.8 Å². The number of rotatable bonds is 3. The van der Waals surface area contributed by atoms with Crippen molar-refractivity contribution < 1.29 is 4.42 Å². The van der Waals surface area contributed by atoms with Gasteiger partial charge in [0.1, 0.15) is 11.5 Å². The van der Waals surface area contributed by atoms with Crippen LogP contribution in [0.1, 0.15) is 52.2 Å². The lowest BCUT2D eigenvalue weighted by atomic mass is 9.91. The predicted octanol–water partition coefficient (Wildman–Crippen LogP) is 3.36. The molecule has 1 saturated heterocycles. The summed E-state index contributed by atoms with van der Waals surface area (Å²) in [7, 11) is 0. The number of furan rings is 1. The maximum absolute atomic E-state index is 5.83. The van der Waals surface area contributed by atoms with Crippen LogP contribution in [0.5, 0.6) is 0 Å². The largest absolute Gasteiger partial charge is 0.465 e. The van der Waals surface area contributed by atoms with Gasteiger partial charge in [0.05, 0.1) is 6.04 Å². The third-order valence-corrected chi connectivity index (χ3v) is 4.23. The van der Waals surface area contributed by atoms with Crippen LogP contribution >= 0.6 is 0 Å². The summed E-state index contributed by atoms with van der Waals surface area (Å²) in [5.41, 5.74) is 0.168. The first kappa shape index (κ1) is 14.6. The molecule has 0 spiro atoms. The molecule has 0 aliphatic carbocycles. The Kier molecular flexibility index (Phi) is 4.07. The van der Waals surface area contributed by atoms with Crippen LogP contribution in [0.4, 0.5) is 0 Å². The van der Waals surface area contributed by atoms with E-state index in [1.807, 2.05) is 6.92 Å². The van der Waals surface area contributed by atoms with Gasteiger partial charge in [0.2, 0.25) is 0 Å². The summed E-state index contributed by atoms with van der Waals surface area (Å²) in [4.78, 5) is 2.60. The molecule has 108 valence electrons. The monoisotopic (exact) mass is 264 g/mol. The SMILES string of the molecule is Cc1ccc(C(C)N2CC(C)(C)NCC2C(C)C)o1. The molecule has 2 unspecified atom stereocenters. The van der Waals surface area contributed by atoms with Crippen LogP contribution in [-0.4, -0.2) is 29.6 Å². The van der Waals surface area contributed by atoms with E-state index in [0.717, 1.165) is 24.6 Å². The van der Waals surface area contributed by atoms with Crippen molar-refractivity contribution in [3.63, 3.8) is 0 Å². The molecule has 1 aliphatic heterocycles. The zero-order chi connectivity index (χ0) is 14.2. The Morgan fingerprint density at radius 3 is 2.53 bits per heavy atom. The fourth-order valence-corrected chi connectivity index (χ4v) is 3.01. The molecule has 0 saturated carbocycles. The Balaban J connectivity index is 2.21. The summed E-state index contributed by atoms with van der Waals surface area (Å²) < 4.78 is 5.83. The highest BCUT2D eigenvalue weighted by atomic mass is 16.3. The molecule has 0 amide bonds. The molecule has 0 radical (unpaired) electrons. The summed E-state index contributed by atoms with van der Waals surface area (Å²) >= 11 is 0. The first-order valence-corrected chi connectivity index (χ1v) is 7.37. The first-order chi connectivity index (χ1) is 8.80. The second kappa shape index (κ2) is 5.29. The maximum Gasteiger partial charge on any atom is 0.121 e. The fourth-order valence-electron chi connectivity index (χ4n) is 3.01. The van der Waals surface area contributed by atoms with Crippen molar-refractivity contribution in [2.75, 3.05) is 13.1 Å². The molecule has 1 aromatic rings. The number of hydrogen-bond acceptors (Lipinski definition) is 3. The lowest BCUT2D eigenvalue weighted by molar-refractivity contribution is 0.0296. The van der Waals surface area contributed by atoms with E-state index >= 15 is 0 Å². The molecule has 0 aromatic carbocycles. The van der Waals surface area contributed by atoms with Gasteiger partial charge in [-0.05, 0) is 45.7 Å². The van der Waals surface area contributed by atoms with Crippen molar-refractivity contribution in [3.05, 3.63) is 23.7 Å². The van der Waals surface area contributed by atoms with Crippen LogP contribution in [0, 0.1) is 12.8 Å². The van der Waals surface area contributed by atoms with Crippen LogP contribution in [-0.2, 0) is 0 Å². The van der Waals surface area contributed by atoms with Crippen LogP contribution in [0.3, 0.4) is 0 Å². The number of nitrogens with zero attached hydrogens (tertiary/aromatic N) is 1. The Hall–Kier alpha value is -0.800. The van der Waals surface area contributed by atoms with Gasteiger partial charge < -0.3 is 9.73 Å². The first-order valence-electron chi connectivity index (χ1n) is 7.37. The highest BCUT2D eigenvalue weighted by molar-refractivity contribution is 5.11. The molecular weight excluding hydrogens is 236 g/mol. The summed E-state index contributed by atoms with van der Waals surface area (Å²) in [6, 6.07) is 5.08. The van der Waals surface area contributed by atoms with E-state index in [0.29, 0.717) is 18.0 Å². The molecule has 19 heavy (non-hydrogen) atoms. The van der Waals surface area contributed by atoms with Gasteiger partial charge >= 0.3 is 0 Å². The Morgan fingerprint density at radius 2 is 2.00 bits per heavy atom. The van der Waals surface area contributed by atoms with Gasteiger partial charge in [-0.25, -0.2) is 0 Å². The lowest BCUT2D eigenvalue weighted by Crippen LogP contribution is -2.63. The van der Waals surface area contributed by atoms with Gasteiger partial charge in [-0.15, -0.1) is 0 Å². The van der Waals surface area contributed by atoms with Gasteiger partial charge in [-0.3, -0.25) is 4.90 Å². The topological polar surface area (TPSA) is 28.4 Å². The predicted molar refractivity (Wildman–Crippen MR) is 79.3 cm³/mol. The molecule has 1 fully saturated rings. The van der Waals surface area contributed by atoms with Crippen molar-refractivity contribution in [2.24, 2.45) is 5.92 Å². The summed E-state index contributed by atoms with van der Waals surface area (Å²) in [6.45, 7) is 15.5. The van der Waals surface area contributed by atoms with Gasteiger partial charge in [0.25, 0.3) is 0 Å². The standard InChI is InChI=1S/C16H28N2O/c1-11(2)14-9-17-16(5,6)10-18(14)13(4)15-8-7-12(3)19-15/h7-8,11,13-14,17H,9-10H2,1-6H3. The molecule has 1 N–H and O–H groups in total. The van der Waals surface area contributed by atoms with E-state index in [1.165, 1.54) is 0 Å². The Labute approximate surface area is 117 Å². The molecule has 1 aliphatic rings. The fraction of sp³-hybridized carbons (Fsp3) is 0.750. The zero-order valence-electron chi connectivity index (χ0n) is 13.2. The minimum atomic E-state index is 0.168. The second-order valence-corrected chi connectivity index (χ2v) is 6.87. The van der Waals surface area contributed by atoms with Gasteiger partial charge in [0, 0.05) is 24.7 Å². The molecule has 2 heterocycles. The number of piperazine rings is 1. The minimum Gasteiger partial charge on any atom is -0.465 e. The smallest absolute Gasteiger partial charge is 0.121 e. The van der Waals surface area contributed by atoms with Crippen molar-refractivity contribution in [1.29, 1.82) is 0 Å². The molecule has 3 nitrogen and oxygen atoms in total. The number of hydrogen-bond donors (Lipinski definition) is 1. The zero-order valence-corrected chi connectivity index (χ0v) is 13.2. The summed E-state index contributed by atoms with van der Waals surface area (Å²) in [5, 5.41) is 3.66. The van der Waals surface area contributed by atoms with E-state index in [-0.39, 0.29) is 5.54 Å². The number of aryl methyl sites for hydroxylation is 1. The Bertz CT molecular complexity index is 422. The van der Waals surface area contributed by atoms with E-state index in [4.69, 9.17) is 4.42 Å². The maximum atomic E-state index is 5.83. The molecule has 3 heteroatoms. The lowest BCUT2D eigenvalue weighted by Gasteiger charge is -2.48. The third-order valence-electron chi connectivity index (χ3n) is 4.23. The average molecular weight is 264 g/mol. The highest BCUT2D eigenvalue weighted by Gasteiger charge is 2.37.